The Labute approximate surface area is 432 Å². The Bertz CT molecular complexity index is 1500. The van der Waals surface area contributed by atoms with Crippen molar-refractivity contribution in [2.24, 2.45) is 5.73 Å². The summed E-state index contributed by atoms with van der Waals surface area (Å²) in [5.41, 5.74) is 5.12. The predicted molar refractivity (Wildman–Crippen MR) is 290 cm³/mol. The van der Waals surface area contributed by atoms with Crippen molar-refractivity contribution in [2.45, 2.75) is 252 Å². The van der Waals surface area contributed by atoms with Crippen LogP contribution in [0.5, 0.6) is 0 Å². The van der Waals surface area contributed by atoms with Crippen molar-refractivity contribution in [3.8, 4) is 0 Å². The summed E-state index contributed by atoms with van der Waals surface area (Å²) in [6.07, 6.45) is 5.84. The zero-order valence-corrected chi connectivity index (χ0v) is 50.4. The van der Waals surface area contributed by atoms with Gasteiger partial charge in [-0.2, -0.15) is 0 Å². The number of hydrogen-bond acceptors (Lipinski definition) is 13. The van der Waals surface area contributed by atoms with Gasteiger partial charge in [0.05, 0.1) is 11.6 Å². The topological polar surface area (TPSA) is 232 Å². The third kappa shape index (κ3) is 32.9. The molecule has 14 nitrogen and oxygen atoms in total. The molecule has 0 aromatic heterocycles. The molecule has 5 rings (SSSR count). The molecular weight excluding hydrogens is 1060 g/mol. The standard InChI is InChI=1S/C9H16N2O.2C9H17NO.C8H17NO.C8H15NO.C2H4O2.C2H6O.BS.Br2.BrH/c1-8(2)5-6(7(10)12)9(3,4)11-8;2*1-8(2)5-7(11)6-9(3,4)10-8;2*1-7(2)5-6(10)8(3,4)9-7;1-2(3)4;1-2-3;2*1-2;/h5,11H,1-4H3,(H2,10,12);2*10H,5-6H2,1-4H3;6,9-10H,5H2,1-4H3;9H,5H2,1-4H3;1H3,(H,3,4);3H,2H2,1H3;;;1H. The molecule has 1 atom stereocenters. The van der Waals surface area contributed by atoms with Crippen LogP contribution in [-0.2, 0) is 24.0 Å². The molecular formula is C47H93BBr3N6O8S. The number of rotatable bonds is 1. The number of amides is 1. The number of Topliss-reactive ketones (excluding diaryl/α,β-unsaturated/α-hetero) is 3. The summed E-state index contributed by atoms with van der Waals surface area (Å²) in [6.45, 7) is 47.9. The van der Waals surface area contributed by atoms with Gasteiger partial charge in [-0.1, -0.05) is 6.08 Å². The van der Waals surface area contributed by atoms with Gasteiger partial charge in [0, 0.05) is 129 Å². The number of aliphatic hydroxyl groups is 2. The number of aliphatic carboxylic acids is 1. The van der Waals surface area contributed by atoms with Gasteiger partial charge in [-0.25, -0.2) is 0 Å². The molecule has 0 saturated carbocycles. The summed E-state index contributed by atoms with van der Waals surface area (Å²) in [6, 6.07) is 0. The van der Waals surface area contributed by atoms with Gasteiger partial charge in [0.25, 0.3) is 5.97 Å². The van der Waals surface area contributed by atoms with Gasteiger partial charge in [0.15, 0.2) is 5.78 Å². The van der Waals surface area contributed by atoms with E-state index in [1.54, 1.807) is 6.92 Å². The molecule has 1 radical (unpaired) electrons. The van der Waals surface area contributed by atoms with Crippen LogP contribution in [0.2, 0.25) is 0 Å². The van der Waals surface area contributed by atoms with Gasteiger partial charge >= 0.3 is 18.8 Å². The number of hydrogen-bond donors (Lipinski definition) is 9. The molecule has 5 aliphatic rings. The second kappa shape index (κ2) is 29.5. The SMILES string of the molecule is Br.BrBr.CC(=O)O.CC1(C)C=C(C(N)=O)C(C)(C)N1.CC1(C)CC(=O)C(C)(C)N1.CC1(C)CC(=O)CC(C)(C)N1.CC1(C)CC(=O)CC(C)(C)N1.CC1(C)CC(O)C(C)(C)N1.CCO.[B]=S. The molecule has 66 heavy (non-hydrogen) atoms. The zero-order chi connectivity index (χ0) is 53.2. The van der Waals surface area contributed by atoms with Crippen molar-refractivity contribution in [1.29, 1.82) is 0 Å². The zero-order valence-electron chi connectivity index (χ0n) is 44.7. The minimum absolute atomic E-state index is 0. The average molecular weight is 1150 g/mol. The van der Waals surface area contributed by atoms with Crippen LogP contribution in [0, 0.1) is 0 Å². The van der Waals surface area contributed by atoms with E-state index in [4.69, 9.17) is 20.7 Å². The molecule has 5 heterocycles. The molecule has 0 aliphatic carbocycles. The molecule has 19 heteroatoms. The molecule has 5 aliphatic heterocycles. The molecule has 389 valence electrons. The Morgan fingerprint density at radius 3 is 1.03 bits per heavy atom. The van der Waals surface area contributed by atoms with E-state index in [9.17, 15) is 24.3 Å². The van der Waals surface area contributed by atoms with E-state index < -0.39 is 5.97 Å². The van der Waals surface area contributed by atoms with Crippen LogP contribution in [0.15, 0.2) is 11.6 Å². The van der Waals surface area contributed by atoms with Crippen LogP contribution in [0.25, 0.3) is 0 Å². The number of aliphatic hydroxyl groups excluding tert-OH is 2. The van der Waals surface area contributed by atoms with Crippen molar-refractivity contribution in [3.63, 3.8) is 0 Å². The van der Waals surface area contributed by atoms with Crippen LogP contribution >= 0.6 is 57.3 Å². The molecule has 10 N–H and O–H groups in total. The first-order chi connectivity index (χ1) is 28.7. The number of carbonyl (C=O) groups excluding carboxylic acids is 4. The molecule has 4 saturated heterocycles. The Morgan fingerprint density at radius 1 is 0.636 bits per heavy atom. The second-order valence-corrected chi connectivity index (χ2v) is 23.5. The second-order valence-electron chi connectivity index (χ2n) is 23.5. The fourth-order valence-electron chi connectivity index (χ4n) is 9.26. The third-order valence-corrected chi connectivity index (χ3v) is 10.1. The number of ketones is 3. The summed E-state index contributed by atoms with van der Waals surface area (Å²) in [5.74, 6) is -0.104. The summed E-state index contributed by atoms with van der Waals surface area (Å²) < 4.78 is 0. The Hall–Kier alpha value is -0.865. The van der Waals surface area contributed by atoms with Gasteiger partial charge in [-0.05, 0) is 152 Å². The van der Waals surface area contributed by atoms with E-state index in [1.165, 1.54) is 0 Å². The molecule has 0 spiro atoms. The number of primary amides is 1. The van der Waals surface area contributed by atoms with E-state index in [0.29, 0.717) is 55.0 Å². The Balaban J connectivity index is -0.000000222. The maximum absolute atomic E-state index is 11.3. The summed E-state index contributed by atoms with van der Waals surface area (Å²) in [5, 5.41) is 41.3. The van der Waals surface area contributed by atoms with Gasteiger partial charge in [-0.3, -0.25) is 34.6 Å². The van der Waals surface area contributed by atoms with E-state index >= 15 is 0 Å². The molecule has 1 amide bonds. The molecule has 0 aromatic carbocycles. The number of nitrogens with one attached hydrogen (secondary N) is 5. The first-order valence-electron chi connectivity index (χ1n) is 22.1. The fourth-order valence-corrected chi connectivity index (χ4v) is 9.26. The molecule has 4 fully saturated rings. The Kier molecular flexibility index (Phi) is 33.1. The van der Waals surface area contributed by atoms with E-state index in [2.05, 4.69) is 157 Å². The molecule has 0 bridgehead atoms. The third-order valence-electron chi connectivity index (χ3n) is 10.1. The van der Waals surface area contributed by atoms with Crippen molar-refractivity contribution < 1.29 is 39.3 Å². The fraction of sp³-hybridized carbons (Fsp3) is 0.851. The van der Waals surface area contributed by atoms with Crippen molar-refractivity contribution in [3.05, 3.63) is 11.6 Å². The van der Waals surface area contributed by atoms with Crippen LogP contribution < -0.4 is 32.3 Å². The van der Waals surface area contributed by atoms with Crippen LogP contribution in [0.1, 0.15) is 191 Å². The maximum atomic E-state index is 11.3. The Morgan fingerprint density at radius 2 is 0.924 bits per heavy atom. The number of carboxylic acid groups (broad SMARTS) is 1. The molecule has 0 aromatic rings. The van der Waals surface area contributed by atoms with Crippen molar-refractivity contribution in [2.75, 3.05) is 6.61 Å². The first-order valence-corrected chi connectivity index (χ1v) is 26.3. The van der Waals surface area contributed by atoms with E-state index in [0.717, 1.165) is 13.3 Å². The predicted octanol–water partition coefficient (Wildman–Crippen LogP) is 8.18. The summed E-state index contributed by atoms with van der Waals surface area (Å²) in [4.78, 5) is 53.8. The number of nitrogens with two attached hydrogens (primary N) is 1. The number of halogens is 3. The van der Waals surface area contributed by atoms with Crippen LogP contribution in [-0.4, -0.2) is 119 Å². The summed E-state index contributed by atoms with van der Waals surface area (Å²) >= 11 is 9.08. The number of piperidine rings is 2. The monoisotopic (exact) mass is 1150 g/mol. The first kappa shape index (κ1) is 74.1. The van der Waals surface area contributed by atoms with E-state index in [1.807, 2.05) is 61.5 Å². The van der Waals surface area contributed by atoms with Crippen LogP contribution in [0.3, 0.4) is 0 Å². The van der Waals surface area contributed by atoms with Crippen molar-refractivity contribution >= 4 is 93.2 Å². The van der Waals surface area contributed by atoms with E-state index in [-0.39, 0.29) is 91.0 Å². The average Bonchev–Trinajstić information content (AvgIpc) is 3.46. The van der Waals surface area contributed by atoms with Gasteiger partial charge in [0.1, 0.15) is 11.6 Å². The quantitative estimate of drug-likeness (QED) is 0.113. The minimum atomic E-state index is -0.833. The van der Waals surface area contributed by atoms with Crippen LogP contribution in [0.4, 0.5) is 0 Å². The summed E-state index contributed by atoms with van der Waals surface area (Å²) in [7, 11) is 0. The molecule has 1 unspecified atom stereocenters. The van der Waals surface area contributed by atoms with Gasteiger partial charge < -0.3 is 37.0 Å². The van der Waals surface area contributed by atoms with Gasteiger partial charge in [-0.15, -0.1) is 17.0 Å². The number of carbonyl (C=O) groups is 5. The van der Waals surface area contributed by atoms with Crippen molar-refractivity contribution in [1.82, 2.24) is 26.6 Å². The van der Waals surface area contributed by atoms with Gasteiger partial charge in [0.2, 0.25) is 5.91 Å². The normalized spacial score (nSPS) is 24.8. The number of carboxylic acids is 1.